The summed E-state index contributed by atoms with van der Waals surface area (Å²) in [7, 11) is 0.333. The molecule has 0 saturated carbocycles. The van der Waals surface area contributed by atoms with E-state index in [1.807, 2.05) is 6.07 Å². The van der Waals surface area contributed by atoms with Crippen LogP contribution in [-0.4, -0.2) is 37.9 Å². The van der Waals surface area contributed by atoms with Crippen molar-refractivity contribution in [3.05, 3.63) is 18.2 Å². The standard InChI is InChI=1S/C12H15O3S/c1-2-11-12(15-4-3-14-11)9-10(1)16-7-5-13-6-8-16/h1-2,9H,3-8H2/q+1. The van der Waals surface area contributed by atoms with Crippen LogP contribution in [0.1, 0.15) is 0 Å². The molecule has 0 atom stereocenters. The van der Waals surface area contributed by atoms with Gasteiger partial charge in [-0.25, -0.2) is 0 Å². The fraction of sp³-hybridized carbons (Fsp3) is 0.500. The summed E-state index contributed by atoms with van der Waals surface area (Å²) in [6, 6.07) is 6.34. The second kappa shape index (κ2) is 4.55. The average Bonchev–Trinajstić information content (AvgIpc) is 2.39. The van der Waals surface area contributed by atoms with Crippen LogP contribution in [0.5, 0.6) is 11.5 Å². The van der Waals surface area contributed by atoms with Gasteiger partial charge in [-0.3, -0.25) is 0 Å². The molecule has 0 aliphatic carbocycles. The van der Waals surface area contributed by atoms with Gasteiger partial charge in [-0.1, -0.05) is 0 Å². The maximum atomic E-state index is 5.60. The fourth-order valence-corrected chi connectivity index (χ4v) is 3.81. The summed E-state index contributed by atoms with van der Waals surface area (Å²) in [6.07, 6.45) is 0. The number of fused-ring (bicyclic) bond motifs is 1. The summed E-state index contributed by atoms with van der Waals surface area (Å²) in [6.45, 7) is 3.09. The Morgan fingerprint density at radius 2 is 1.62 bits per heavy atom. The molecule has 2 heterocycles. The van der Waals surface area contributed by atoms with Crippen molar-refractivity contribution in [2.45, 2.75) is 4.90 Å². The van der Waals surface area contributed by atoms with Crippen LogP contribution in [0, 0.1) is 0 Å². The topological polar surface area (TPSA) is 27.7 Å². The van der Waals surface area contributed by atoms with Crippen LogP contribution in [0.2, 0.25) is 0 Å². The number of hydrogen-bond acceptors (Lipinski definition) is 3. The highest BCUT2D eigenvalue weighted by atomic mass is 32.2. The smallest absolute Gasteiger partial charge is 0.166 e. The van der Waals surface area contributed by atoms with Crippen LogP contribution in [0.25, 0.3) is 0 Å². The predicted molar refractivity (Wildman–Crippen MR) is 63.6 cm³/mol. The third-order valence-electron chi connectivity index (χ3n) is 2.80. The van der Waals surface area contributed by atoms with E-state index < -0.39 is 0 Å². The maximum Gasteiger partial charge on any atom is 0.166 e. The Kier molecular flexibility index (Phi) is 2.93. The minimum absolute atomic E-state index is 0.333. The lowest BCUT2D eigenvalue weighted by Gasteiger charge is -2.19. The zero-order valence-corrected chi connectivity index (χ0v) is 9.92. The first kappa shape index (κ1) is 10.3. The molecule has 4 heteroatoms. The van der Waals surface area contributed by atoms with Gasteiger partial charge in [0.1, 0.15) is 24.7 Å². The summed E-state index contributed by atoms with van der Waals surface area (Å²) >= 11 is 0. The molecule has 16 heavy (non-hydrogen) atoms. The van der Waals surface area contributed by atoms with Crippen molar-refractivity contribution in [1.82, 2.24) is 0 Å². The SMILES string of the molecule is c1cc2c(cc1[S+]1CCOCC1)OCCO2. The first-order chi connectivity index (χ1) is 7.93. The molecule has 0 bridgehead atoms. The van der Waals surface area contributed by atoms with Gasteiger partial charge in [0, 0.05) is 17.0 Å². The van der Waals surface area contributed by atoms with Gasteiger partial charge in [0.05, 0.1) is 13.2 Å². The molecule has 1 fully saturated rings. The Morgan fingerprint density at radius 3 is 2.44 bits per heavy atom. The second-order valence-electron chi connectivity index (χ2n) is 3.82. The van der Waals surface area contributed by atoms with E-state index in [1.165, 1.54) is 4.90 Å². The zero-order chi connectivity index (χ0) is 10.8. The van der Waals surface area contributed by atoms with Crippen LogP contribution in [0.15, 0.2) is 23.1 Å². The van der Waals surface area contributed by atoms with Gasteiger partial charge in [0.15, 0.2) is 16.4 Å². The van der Waals surface area contributed by atoms with E-state index >= 15 is 0 Å². The Balaban J connectivity index is 1.84. The minimum Gasteiger partial charge on any atom is -0.486 e. The van der Waals surface area contributed by atoms with E-state index in [0.717, 1.165) is 36.2 Å². The van der Waals surface area contributed by atoms with Gasteiger partial charge in [0.25, 0.3) is 0 Å². The lowest BCUT2D eigenvalue weighted by atomic mass is 10.3. The van der Waals surface area contributed by atoms with E-state index in [1.54, 1.807) is 0 Å². The summed E-state index contributed by atoms with van der Waals surface area (Å²) in [4.78, 5) is 1.38. The molecule has 1 aromatic carbocycles. The Bertz CT molecular complexity index is 375. The van der Waals surface area contributed by atoms with E-state index in [0.29, 0.717) is 24.1 Å². The van der Waals surface area contributed by atoms with Crippen molar-refractivity contribution >= 4 is 10.9 Å². The van der Waals surface area contributed by atoms with Crippen molar-refractivity contribution in [3.63, 3.8) is 0 Å². The molecular weight excluding hydrogens is 224 g/mol. The van der Waals surface area contributed by atoms with Gasteiger partial charge in [-0.05, 0) is 12.1 Å². The molecule has 2 aliphatic heterocycles. The highest BCUT2D eigenvalue weighted by molar-refractivity contribution is 7.97. The van der Waals surface area contributed by atoms with Crippen molar-refractivity contribution in [3.8, 4) is 11.5 Å². The van der Waals surface area contributed by atoms with Gasteiger partial charge in [-0.2, -0.15) is 0 Å². The number of hydrogen-bond donors (Lipinski definition) is 0. The van der Waals surface area contributed by atoms with E-state index in [2.05, 4.69) is 12.1 Å². The molecule has 0 spiro atoms. The lowest BCUT2D eigenvalue weighted by molar-refractivity contribution is 0.159. The van der Waals surface area contributed by atoms with Crippen LogP contribution in [-0.2, 0) is 15.6 Å². The van der Waals surface area contributed by atoms with E-state index in [4.69, 9.17) is 14.2 Å². The van der Waals surface area contributed by atoms with Gasteiger partial charge < -0.3 is 14.2 Å². The fourth-order valence-electron chi connectivity index (χ4n) is 1.96. The molecule has 3 rings (SSSR count). The van der Waals surface area contributed by atoms with Crippen LogP contribution in [0.3, 0.4) is 0 Å². The molecule has 3 nitrogen and oxygen atoms in total. The molecular formula is C12H15O3S+. The van der Waals surface area contributed by atoms with Crippen molar-refractivity contribution < 1.29 is 14.2 Å². The van der Waals surface area contributed by atoms with Crippen LogP contribution >= 0.6 is 0 Å². The Morgan fingerprint density at radius 1 is 0.875 bits per heavy atom. The van der Waals surface area contributed by atoms with Crippen LogP contribution < -0.4 is 9.47 Å². The average molecular weight is 239 g/mol. The molecule has 86 valence electrons. The van der Waals surface area contributed by atoms with Crippen molar-refractivity contribution in [1.29, 1.82) is 0 Å². The quantitative estimate of drug-likeness (QED) is 0.695. The molecule has 0 aromatic heterocycles. The largest absolute Gasteiger partial charge is 0.486 e. The zero-order valence-electron chi connectivity index (χ0n) is 9.11. The predicted octanol–water partition coefficient (Wildman–Crippen LogP) is 1.47. The van der Waals surface area contributed by atoms with Gasteiger partial charge in [-0.15, -0.1) is 0 Å². The van der Waals surface area contributed by atoms with E-state index in [-0.39, 0.29) is 0 Å². The maximum absolute atomic E-state index is 5.60. The molecule has 1 aromatic rings. The molecule has 0 N–H and O–H groups in total. The normalized spacial score (nSPS) is 20.8. The summed E-state index contributed by atoms with van der Waals surface area (Å²) < 4.78 is 16.5. The lowest BCUT2D eigenvalue weighted by Crippen LogP contribution is -2.26. The highest BCUT2D eigenvalue weighted by Crippen LogP contribution is 2.33. The Hall–Kier alpha value is -0.870. The molecule has 0 radical (unpaired) electrons. The van der Waals surface area contributed by atoms with E-state index in [9.17, 15) is 0 Å². The summed E-state index contributed by atoms with van der Waals surface area (Å²) in [5, 5.41) is 0. The number of ether oxygens (including phenoxy) is 3. The van der Waals surface area contributed by atoms with Crippen LogP contribution in [0.4, 0.5) is 0 Å². The number of rotatable bonds is 1. The molecule has 0 amide bonds. The van der Waals surface area contributed by atoms with Crippen molar-refractivity contribution in [2.75, 3.05) is 37.9 Å². The monoisotopic (exact) mass is 239 g/mol. The molecule has 1 saturated heterocycles. The third kappa shape index (κ3) is 1.99. The Labute approximate surface area is 98.0 Å². The summed E-state index contributed by atoms with van der Waals surface area (Å²) in [5.41, 5.74) is 0. The number of benzene rings is 1. The first-order valence-electron chi connectivity index (χ1n) is 5.58. The first-order valence-corrected chi connectivity index (χ1v) is 7.15. The minimum atomic E-state index is 0.333. The second-order valence-corrected chi connectivity index (χ2v) is 6.09. The molecule has 0 unspecified atom stereocenters. The van der Waals surface area contributed by atoms with Crippen molar-refractivity contribution in [2.24, 2.45) is 0 Å². The third-order valence-corrected chi connectivity index (χ3v) is 5.03. The highest BCUT2D eigenvalue weighted by Gasteiger charge is 2.27. The summed E-state index contributed by atoms with van der Waals surface area (Å²) in [5.74, 6) is 4.06. The van der Waals surface area contributed by atoms with Gasteiger partial charge >= 0.3 is 0 Å². The van der Waals surface area contributed by atoms with Gasteiger partial charge in [0.2, 0.25) is 0 Å². The molecule has 2 aliphatic rings.